The molecule has 0 radical (unpaired) electrons. The zero-order valence-corrected chi connectivity index (χ0v) is 18.8. The van der Waals surface area contributed by atoms with Crippen molar-refractivity contribution in [3.63, 3.8) is 0 Å². The van der Waals surface area contributed by atoms with Crippen LogP contribution in [0.3, 0.4) is 0 Å². The molecule has 0 aliphatic rings. The lowest BCUT2D eigenvalue weighted by Crippen LogP contribution is -2.36. The fraction of sp³-hybridized carbons (Fsp3) is 0.174. The standard InChI is InChI=1S/C23H21N5O4S/c1-3-19(29)24-15-8-5-13(6-9-15)17-12-33-23(26-17)27-20(30)14-7-10-18-16(11-14)25-21(31)22(32)28(18)4-2/h5-12H,3-4H2,1-2H3,(H,24,29)(H,25,31)(H,26,27,30). The van der Waals surface area contributed by atoms with E-state index in [9.17, 15) is 19.2 Å². The van der Waals surface area contributed by atoms with Crippen LogP contribution in [0.4, 0.5) is 10.8 Å². The third kappa shape index (κ3) is 4.60. The lowest BCUT2D eigenvalue weighted by Gasteiger charge is -2.08. The van der Waals surface area contributed by atoms with E-state index in [0.29, 0.717) is 46.1 Å². The Balaban J connectivity index is 1.52. The Morgan fingerprint density at radius 2 is 1.82 bits per heavy atom. The van der Waals surface area contributed by atoms with Crippen molar-refractivity contribution in [1.82, 2.24) is 14.5 Å². The maximum atomic E-state index is 12.7. The molecule has 0 saturated heterocycles. The summed E-state index contributed by atoms with van der Waals surface area (Å²) in [4.78, 5) is 55.1. The van der Waals surface area contributed by atoms with E-state index in [4.69, 9.17) is 0 Å². The second kappa shape index (κ2) is 9.21. The van der Waals surface area contributed by atoms with E-state index < -0.39 is 11.1 Å². The van der Waals surface area contributed by atoms with Crippen molar-refractivity contribution in [2.75, 3.05) is 10.6 Å². The number of thiazole rings is 1. The number of amides is 2. The Kier molecular flexibility index (Phi) is 6.18. The molecule has 4 rings (SSSR count). The van der Waals surface area contributed by atoms with Gasteiger partial charge in [-0.15, -0.1) is 11.3 Å². The van der Waals surface area contributed by atoms with Crippen LogP contribution >= 0.6 is 11.3 Å². The van der Waals surface area contributed by atoms with Gasteiger partial charge in [0.25, 0.3) is 5.91 Å². The van der Waals surface area contributed by atoms with Crippen LogP contribution in [0, 0.1) is 0 Å². The van der Waals surface area contributed by atoms with Crippen molar-refractivity contribution in [1.29, 1.82) is 0 Å². The van der Waals surface area contributed by atoms with E-state index in [1.807, 2.05) is 17.5 Å². The summed E-state index contributed by atoms with van der Waals surface area (Å²) in [7, 11) is 0. The van der Waals surface area contributed by atoms with Gasteiger partial charge < -0.3 is 14.9 Å². The quantitative estimate of drug-likeness (QED) is 0.378. The molecule has 0 spiro atoms. The molecule has 0 fully saturated rings. The molecule has 33 heavy (non-hydrogen) atoms. The summed E-state index contributed by atoms with van der Waals surface area (Å²) in [6, 6.07) is 12.1. The third-order valence-corrected chi connectivity index (χ3v) is 5.82. The van der Waals surface area contributed by atoms with E-state index in [0.717, 1.165) is 5.56 Å². The van der Waals surface area contributed by atoms with E-state index in [2.05, 4.69) is 20.6 Å². The first-order valence-electron chi connectivity index (χ1n) is 10.3. The SMILES string of the molecule is CCC(=O)Nc1ccc(-c2csc(NC(=O)c3ccc4c(c3)[nH]c(=O)c(=O)n4CC)n2)cc1. The Morgan fingerprint density at radius 3 is 2.52 bits per heavy atom. The van der Waals surface area contributed by atoms with Crippen LogP contribution in [-0.4, -0.2) is 26.3 Å². The minimum Gasteiger partial charge on any atom is -0.326 e. The number of H-pyrrole nitrogens is 1. The molecule has 0 unspecified atom stereocenters. The number of benzene rings is 2. The molecule has 2 amide bonds. The van der Waals surface area contributed by atoms with Gasteiger partial charge in [0, 0.05) is 35.2 Å². The van der Waals surface area contributed by atoms with Gasteiger partial charge in [0.15, 0.2) is 5.13 Å². The second-order valence-electron chi connectivity index (χ2n) is 7.21. The average molecular weight is 464 g/mol. The Bertz CT molecular complexity index is 1470. The average Bonchev–Trinajstić information content (AvgIpc) is 3.28. The lowest BCUT2D eigenvalue weighted by atomic mass is 10.1. The van der Waals surface area contributed by atoms with Crippen molar-refractivity contribution in [3.8, 4) is 11.3 Å². The zero-order valence-electron chi connectivity index (χ0n) is 18.0. The molecule has 3 N–H and O–H groups in total. The predicted molar refractivity (Wildman–Crippen MR) is 129 cm³/mol. The Hall–Kier alpha value is -4.05. The summed E-state index contributed by atoms with van der Waals surface area (Å²) in [5.74, 6) is -0.442. The minimum absolute atomic E-state index is 0.0582. The van der Waals surface area contributed by atoms with Gasteiger partial charge in [-0.1, -0.05) is 19.1 Å². The molecule has 0 bridgehead atoms. The van der Waals surface area contributed by atoms with Crippen molar-refractivity contribution in [3.05, 3.63) is 74.1 Å². The highest BCUT2D eigenvalue weighted by molar-refractivity contribution is 7.14. The number of carbonyl (C=O) groups is 2. The molecule has 168 valence electrons. The number of fused-ring (bicyclic) bond motifs is 1. The lowest BCUT2D eigenvalue weighted by molar-refractivity contribution is -0.115. The van der Waals surface area contributed by atoms with E-state index in [-0.39, 0.29) is 11.8 Å². The minimum atomic E-state index is -0.730. The smallest absolute Gasteiger partial charge is 0.316 e. The summed E-state index contributed by atoms with van der Waals surface area (Å²) in [5, 5.41) is 7.80. The van der Waals surface area contributed by atoms with E-state index in [1.165, 1.54) is 22.0 Å². The van der Waals surface area contributed by atoms with Gasteiger partial charge in [-0.05, 0) is 37.3 Å². The topological polar surface area (TPSA) is 126 Å². The second-order valence-corrected chi connectivity index (χ2v) is 8.06. The summed E-state index contributed by atoms with van der Waals surface area (Å²) < 4.78 is 1.36. The maximum Gasteiger partial charge on any atom is 0.316 e. The molecule has 0 atom stereocenters. The molecular weight excluding hydrogens is 442 g/mol. The number of nitrogens with one attached hydrogen (secondary N) is 3. The van der Waals surface area contributed by atoms with Crippen molar-refractivity contribution < 1.29 is 9.59 Å². The van der Waals surface area contributed by atoms with Crippen LogP contribution in [-0.2, 0) is 11.3 Å². The van der Waals surface area contributed by atoms with Crippen LogP contribution in [0.25, 0.3) is 22.3 Å². The van der Waals surface area contributed by atoms with Crippen LogP contribution in [0.5, 0.6) is 0 Å². The largest absolute Gasteiger partial charge is 0.326 e. The predicted octanol–water partition coefficient (Wildman–Crippen LogP) is 3.43. The molecule has 0 aliphatic carbocycles. The van der Waals surface area contributed by atoms with Gasteiger partial charge >= 0.3 is 11.1 Å². The summed E-state index contributed by atoms with van der Waals surface area (Å²) in [6.45, 7) is 3.91. The summed E-state index contributed by atoms with van der Waals surface area (Å²) in [6.07, 6.45) is 0.405. The first-order chi connectivity index (χ1) is 15.9. The zero-order chi connectivity index (χ0) is 23.5. The first kappa shape index (κ1) is 22.2. The molecular formula is C23H21N5O4S. The van der Waals surface area contributed by atoms with Crippen molar-refractivity contribution in [2.24, 2.45) is 0 Å². The molecule has 2 aromatic heterocycles. The van der Waals surface area contributed by atoms with Gasteiger partial charge in [0.2, 0.25) is 5.91 Å². The fourth-order valence-corrected chi connectivity index (χ4v) is 4.06. The van der Waals surface area contributed by atoms with Crippen LogP contribution < -0.4 is 21.8 Å². The molecule has 9 nitrogen and oxygen atoms in total. The fourth-order valence-electron chi connectivity index (χ4n) is 3.34. The molecule has 10 heteroatoms. The molecule has 2 aromatic carbocycles. The Labute approximate surface area is 192 Å². The highest BCUT2D eigenvalue weighted by Gasteiger charge is 2.13. The van der Waals surface area contributed by atoms with Crippen molar-refractivity contribution >= 4 is 45.0 Å². The van der Waals surface area contributed by atoms with Gasteiger partial charge in [0.1, 0.15) is 0 Å². The highest BCUT2D eigenvalue weighted by Crippen LogP contribution is 2.26. The van der Waals surface area contributed by atoms with Gasteiger partial charge in [-0.3, -0.25) is 24.5 Å². The van der Waals surface area contributed by atoms with Gasteiger partial charge in [0.05, 0.1) is 16.7 Å². The van der Waals surface area contributed by atoms with E-state index >= 15 is 0 Å². The summed E-state index contributed by atoms with van der Waals surface area (Å²) in [5.41, 5.74) is 2.17. The van der Waals surface area contributed by atoms with Gasteiger partial charge in [-0.2, -0.15) is 0 Å². The summed E-state index contributed by atoms with van der Waals surface area (Å²) >= 11 is 1.28. The highest BCUT2D eigenvalue weighted by atomic mass is 32.1. The van der Waals surface area contributed by atoms with E-state index in [1.54, 1.807) is 38.1 Å². The number of aromatic nitrogens is 3. The number of carbonyl (C=O) groups excluding carboxylic acids is 2. The Morgan fingerprint density at radius 1 is 1.06 bits per heavy atom. The number of nitrogens with zero attached hydrogens (tertiary/aromatic N) is 2. The normalized spacial score (nSPS) is 10.8. The number of hydrogen-bond acceptors (Lipinski definition) is 6. The molecule has 0 saturated carbocycles. The van der Waals surface area contributed by atoms with Crippen LogP contribution in [0.15, 0.2) is 57.4 Å². The monoisotopic (exact) mass is 463 g/mol. The molecule has 2 heterocycles. The van der Waals surface area contributed by atoms with Crippen molar-refractivity contribution in [2.45, 2.75) is 26.8 Å². The molecule has 4 aromatic rings. The van der Waals surface area contributed by atoms with Gasteiger partial charge in [-0.25, -0.2) is 4.98 Å². The first-order valence-corrected chi connectivity index (χ1v) is 11.2. The van der Waals surface area contributed by atoms with Crippen LogP contribution in [0.1, 0.15) is 30.6 Å². The van der Waals surface area contributed by atoms with Crippen LogP contribution in [0.2, 0.25) is 0 Å². The number of aryl methyl sites for hydroxylation is 1. The number of hydrogen-bond donors (Lipinski definition) is 3. The molecule has 0 aliphatic heterocycles. The number of aromatic amines is 1. The number of rotatable bonds is 6. The maximum absolute atomic E-state index is 12.7. The number of anilines is 2. The third-order valence-electron chi connectivity index (χ3n) is 5.06.